The molecule has 0 unspecified atom stereocenters. The Bertz CT molecular complexity index is 494. The van der Waals surface area contributed by atoms with E-state index in [-0.39, 0.29) is 24.5 Å². The molecule has 3 amide bonds. The molecule has 108 valence electrons. The second kappa shape index (κ2) is 5.28. The van der Waals surface area contributed by atoms with E-state index in [1.807, 2.05) is 12.1 Å². The third kappa shape index (κ3) is 2.31. The molecule has 3 heterocycles. The number of likely N-dealkylation sites (N-methyl/N-ethyl adjacent to an activating group) is 1. The van der Waals surface area contributed by atoms with Crippen molar-refractivity contribution in [1.82, 2.24) is 14.7 Å². The number of carbonyl (C=O) groups excluding carboxylic acids is 2. The first-order valence-corrected chi connectivity index (χ1v) is 7.00. The Kier molecular flexibility index (Phi) is 3.48. The molecule has 2 saturated heterocycles. The molecule has 20 heavy (non-hydrogen) atoms. The molecule has 0 bridgehead atoms. The number of urea groups is 1. The van der Waals surface area contributed by atoms with Crippen molar-refractivity contribution in [2.45, 2.75) is 18.9 Å². The number of hydrogen-bond acceptors (Lipinski definition) is 4. The number of hydrogen-bond donors (Lipinski definition) is 0. The van der Waals surface area contributed by atoms with E-state index < -0.39 is 0 Å². The summed E-state index contributed by atoms with van der Waals surface area (Å²) in [6.07, 6.45) is 3.94. The Labute approximate surface area is 117 Å². The first-order valence-electron chi connectivity index (χ1n) is 7.00. The van der Waals surface area contributed by atoms with Crippen molar-refractivity contribution < 1.29 is 14.0 Å². The zero-order valence-electron chi connectivity index (χ0n) is 11.6. The molecule has 1 aromatic rings. The molecule has 2 fully saturated rings. The average molecular weight is 277 g/mol. The number of nitrogens with zero attached hydrogens (tertiary/aromatic N) is 3. The SMILES string of the molecule is CN1CC(=O)N(C[C@H](c2ccco2)N2CCCC2)C1=O. The number of rotatable bonds is 4. The van der Waals surface area contributed by atoms with Gasteiger partial charge in [-0.25, -0.2) is 4.79 Å². The molecule has 6 heteroatoms. The Hall–Kier alpha value is -1.82. The maximum atomic E-state index is 12.0. The van der Waals surface area contributed by atoms with E-state index in [0.717, 1.165) is 31.7 Å². The van der Waals surface area contributed by atoms with Gasteiger partial charge in [-0.15, -0.1) is 0 Å². The first kappa shape index (κ1) is 13.2. The Balaban J connectivity index is 1.80. The monoisotopic (exact) mass is 277 g/mol. The molecule has 0 N–H and O–H groups in total. The molecule has 0 aromatic carbocycles. The lowest BCUT2D eigenvalue weighted by Crippen LogP contribution is -2.40. The minimum Gasteiger partial charge on any atom is -0.468 e. The molecule has 2 aliphatic heterocycles. The molecular weight excluding hydrogens is 258 g/mol. The summed E-state index contributed by atoms with van der Waals surface area (Å²) in [4.78, 5) is 29.0. The fraction of sp³-hybridized carbons (Fsp3) is 0.571. The van der Waals surface area contributed by atoms with Crippen LogP contribution in [0.4, 0.5) is 4.79 Å². The summed E-state index contributed by atoms with van der Waals surface area (Å²) in [7, 11) is 1.65. The lowest BCUT2D eigenvalue weighted by Gasteiger charge is -2.28. The van der Waals surface area contributed by atoms with E-state index in [4.69, 9.17) is 4.42 Å². The van der Waals surface area contributed by atoms with Crippen molar-refractivity contribution in [3.63, 3.8) is 0 Å². The molecule has 0 radical (unpaired) electrons. The smallest absolute Gasteiger partial charge is 0.327 e. The van der Waals surface area contributed by atoms with Gasteiger partial charge in [0.25, 0.3) is 0 Å². The summed E-state index contributed by atoms with van der Waals surface area (Å²) < 4.78 is 5.51. The van der Waals surface area contributed by atoms with Gasteiger partial charge in [0.2, 0.25) is 5.91 Å². The van der Waals surface area contributed by atoms with E-state index in [9.17, 15) is 9.59 Å². The van der Waals surface area contributed by atoms with Gasteiger partial charge in [-0.3, -0.25) is 14.6 Å². The highest BCUT2D eigenvalue weighted by Gasteiger charge is 2.37. The lowest BCUT2D eigenvalue weighted by atomic mass is 10.2. The van der Waals surface area contributed by atoms with Crippen molar-refractivity contribution in [3.8, 4) is 0 Å². The van der Waals surface area contributed by atoms with E-state index in [2.05, 4.69) is 4.90 Å². The van der Waals surface area contributed by atoms with Gasteiger partial charge < -0.3 is 9.32 Å². The third-order valence-electron chi connectivity index (χ3n) is 4.04. The molecule has 1 aromatic heterocycles. The van der Waals surface area contributed by atoms with Crippen molar-refractivity contribution in [3.05, 3.63) is 24.2 Å². The van der Waals surface area contributed by atoms with Crippen LogP contribution in [0.5, 0.6) is 0 Å². The lowest BCUT2D eigenvalue weighted by molar-refractivity contribution is -0.125. The van der Waals surface area contributed by atoms with Gasteiger partial charge >= 0.3 is 6.03 Å². The molecule has 6 nitrogen and oxygen atoms in total. The third-order valence-corrected chi connectivity index (χ3v) is 4.04. The van der Waals surface area contributed by atoms with Crippen molar-refractivity contribution in [2.24, 2.45) is 0 Å². The predicted octanol–water partition coefficient (Wildman–Crippen LogP) is 1.31. The molecule has 0 aliphatic carbocycles. The molecule has 1 atom stereocenters. The van der Waals surface area contributed by atoms with Crippen molar-refractivity contribution >= 4 is 11.9 Å². The summed E-state index contributed by atoms with van der Waals surface area (Å²) in [6.45, 7) is 2.51. The van der Waals surface area contributed by atoms with Crippen molar-refractivity contribution in [2.75, 3.05) is 33.2 Å². The van der Waals surface area contributed by atoms with Gasteiger partial charge in [0.05, 0.1) is 18.8 Å². The Morgan fingerprint density at radius 3 is 2.60 bits per heavy atom. The minimum atomic E-state index is -0.217. The van der Waals surface area contributed by atoms with Crippen LogP contribution in [-0.2, 0) is 4.79 Å². The summed E-state index contributed by atoms with van der Waals surface area (Å²) in [5, 5.41) is 0. The zero-order chi connectivity index (χ0) is 14.1. The fourth-order valence-electron chi connectivity index (χ4n) is 2.94. The highest BCUT2D eigenvalue weighted by molar-refractivity contribution is 6.01. The summed E-state index contributed by atoms with van der Waals surface area (Å²) in [5.41, 5.74) is 0. The van der Waals surface area contributed by atoms with E-state index in [1.54, 1.807) is 13.3 Å². The van der Waals surface area contributed by atoms with Crippen LogP contribution in [0.15, 0.2) is 22.8 Å². The van der Waals surface area contributed by atoms with Gasteiger partial charge in [0.15, 0.2) is 0 Å². The summed E-state index contributed by atoms with van der Waals surface area (Å²) >= 11 is 0. The number of carbonyl (C=O) groups is 2. The van der Waals surface area contributed by atoms with Crippen LogP contribution in [0.25, 0.3) is 0 Å². The van der Waals surface area contributed by atoms with Crippen LogP contribution in [0.2, 0.25) is 0 Å². The van der Waals surface area contributed by atoms with Gasteiger partial charge in [0.1, 0.15) is 12.3 Å². The van der Waals surface area contributed by atoms with E-state index >= 15 is 0 Å². The molecule has 3 rings (SSSR count). The van der Waals surface area contributed by atoms with Crippen LogP contribution in [0, 0.1) is 0 Å². The van der Waals surface area contributed by atoms with Crippen LogP contribution < -0.4 is 0 Å². The van der Waals surface area contributed by atoms with Gasteiger partial charge in [0, 0.05) is 7.05 Å². The van der Waals surface area contributed by atoms with Crippen LogP contribution in [-0.4, -0.2) is 59.9 Å². The highest BCUT2D eigenvalue weighted by Crippen LogP contribution is 2.27. The maximum Gasteiger partial charge on any atom is 0.327 e. The summed E-state index contributed by atoms with van der Waals surface area (Å²) in [6, 6.07) is 3.51. The number of furan rings is 1. The largest absolute Gasteiger partial charge is 0.468 e. The van der Waals surface area contributed by atoms with Crippen LogP contribution >= 0.6 is 0 Å². The minimum absolute atomic E-state index is 0.0353. The Morgan fingerprint density at radius 1 is 1.30 bits per heavy atom. The maximum absolute atomic E-state index is 12.0. The average Bonchev–Trinajstić information content (AvgIpc) is 3.14. The zero-order valence-corrected chi connectivity index (χ0v) is 11.6. The number of likely N-dealkylation sites (tertiary alicyclic amines) is 1. The molecule has 2 aliphatic rings. The fourth-order valence-corrected chi connectivity index (χ4v) is 2.94. The molecule has 0 saturated carbocycles. The van der Waals surface area contributed by atoms with Crippen LogP contribution in [0.1, 0.15) is 24.6 Å². The van der Waals surface area contributed by atoms with Gasteiger partial charge in [-0.2, -0.15) is 0 Å². The number of amides is 3. The van der Waals surface area contributed by atoms with Gasteiger partial charge in [-0.1, -0.05) is 0 Å². The quantitative estimate of drug-likeness (QED) is 0.779. The van der Waals surface area contributed by atoms with E-state index in [1.165, 1.54) is 9.80 Å². The highest BCUT2D eigenvalue weighted by atomic mass is 16.3. The predicted molar refractivity (Wildman–Crippen MR) is 72.0 cm³/mol. The summed E-state index contributed by atoms with van der Waals surface area (Å²) in [5.74, 6) is 0.690. The number of imide groups is 1. The topological polar surface area (TPSA) is 57.0 Å². The van der Waals surface area contributed by atoms with Crippen LogP contribution in [0.3, 0.4) is 0 Å². The molecular formula is C14H19N3O3. The standard InChI is InChI=1S/C14H19N3O3/c1-15-10-13(18)17(14(15)19)9-11(12-5-4-8-20-12)16-6-2-3-7-16/h4-5,8,11H,2-3,6-7,9-10H2,1H3/t11-/m1/s1. The molecule has 0 spiro atoms. The normalized spacial score (nSPS) is 22.1. The van der Waals surface area contributed by atoms with Gasteiger partial charge in [-0.05, 0) is 38.1 Å². The van der Waals surface area contributed by atoms with Crippen molar-refractivity contribution in [1.29, 1.82) is 0 Å². The second-order valence-corrected chi connectivity index (χ2v) is 5.42. The Morgan fingerprint density at radius 2 is 2.05 bits per heavy atom. The first-order chi connectivity index (χ1) is 9.66. The second-order valence-electron chi connectivity index (χ2n) is 5.42. The van der Waals surface area contributed by atoms with E-state index in [0.29, 0.717) is 6.54 Å².